The molecule has 2 saturated carbocycles. The van der Waals surface area contributed by atoms with Crippen LogP contribution in [-0.2, 0) is 37.3 Å². The Kier molecular flexibility index (Phi) is 8.99. The fourth-order valence-electron chi connectivity index (χ4n) is 5.70. The summed E-state index contributed by atoms with van der Waals surface area (Å²) < 4.78 is 42.7. The van der Waals surface area contributed by atoms with Gasteiger partial charge in [0.25, 0.3) is 0 Å². The molecule has 6 atom stereocenters. The molecule has 1 heterocycles. The molecule has 6 unspecified atom stereocenters. The minimum atomic E-state index is -3.26. The molecule has 1 aliphatic heterocycles. The molecule has 0 aromatic heterocycles. The molecule has 3 rings (SSSR count). The first-order chi connectivity index (χ1) is 15.7. The zero-order valence-corrected chi connectivity index (χ0v) is 21.7. The van der Waals surface area contributed by atoms with Gasteiger partial charge in [0.1, 0.15) is 0 Å². The Morgan fingerprint density at radius 3 is 1.85 bits per heavy atom. The van der Waals surface area contributed by atoms with Crippen LogP contribution in [0.15, 0.2) is 0 Å². The van der Waals surface area contributed by atoms with Gasteiger partial charge in [0.05, 0.1) is 38.1 Å². The molecule has 0 radical (unpaired) electrons. The lowest BCUT2D eigenvalue weighted by Crippen LogP contribution is -2.35. The standard InChI is InChI=1S/C22H37NO8P2/c1-4-29-18(24)9-11-32(27,30-5-2)13-14-33(28,31-6-3)12-10-23-21(25)19-16-7-8-17(15-16)20(19)22(23)26/h16-17,19-20H,4-15H2,1-3H3. The third-order valence-corrected chi connectivity index (χ3v) is 12.6. The average Bonchev–Trinajstić information content (AvgIpc) is 3.45. The van der Waals surface area contributed by atoms with Crippen LogP contribution in [0.25, 0.3) is 0 Å². The predicted molar refractivity (Wildman–Crippen MR) is 124 cm³/mol. The van der Waals surface area contributed by atoms with Gasteiger partial charge in [-0.3, -0.25) is 28.4 Å². The number of hydrogen-bond acceptors (Lipinski definition) is 8. The van der Waals surface area contributed by atoms with E-state index in [0.29, 0.717) is 11.8 Å². The third-order valence-electron chi connectivity index (χ3n) is 7.16. The SMILES string of the molecule is CCOC(=O)CCP(=O)(CCP(=O)(CCN1C(=O)C2C3CCC(C3)C2C1=O)OCC)OCC. The number of ether oxygens (including phenoxy) is 1. The maximum atomic E-state index is 13.5. The van der Waals surface area contributed by atoms with Gasteiger partial charge in [-0.2, -0.15) is 0 Å². The molecule has 0 aromatic rings. The van der Waals surface area contributed by atoms with Gasteiger partial charge in [-0.15, -0.1) is 0 Å². The van der Waals surface area contributed by atoms with E-state index in [1.54, 1.807) is 20.8 Å². The van der Waals surface area contributed by atoms with Gasteiger partial charge in [0.2, 0.25) is 26.6 Å². The van der Waals surface area contributed by atoms with E-state index in [0.717, 1.165) is 19.3 Å². The molecule has 2 bridgehead atoms. The van der Waals surface area contributed by atoms with Crippen molar-refractivity contribution in [2.75, 3.05) is 51.0 Å². The first-order valence-corrected chi connectivity index (χ1v) is 16.1. The van der Waals surface area contributed by atoms with Crippen molar-refractivity contribution in [3.05, 3.63) is 0 Å². The van der Waals surface area contributed by atoms with E-state index < -0.39 is 20.7 Å². The number of nitrogens with zero attached hydrogens (tertiary/aromatic N) is 1. The van der Waals surface area contributed by atoms with Crippen molar-refractivity contribution in [3.8, 4) is 0 Å². The topological polar surface area (TPSA) is 116 Å². The van der Waals surface area contributed by atoms with Gasteiger partial charge in [0, 0.05) is 31.2 Å². The van der Waals surface area contributed by atoms with Crippen LogP contribution < -0.4 is 0 Å². The number of fused-ring (bicyclic) bond motifs is 5. The van der Waals surface area contributed by atoms with Gasteiger partial charge in [0.15, 0.2) is 0 Å². The van der Waals surface area contributed by atoms with Gasteiger partial charge in [-0.05, 0) is 51.9 Å². The number of hydrogen-bond donors (Lipinski definition) is 0. The smallest absolute Gasteiger partial charge is 0.306 e. The van der Waals surface area contributed by atoms with E-state index in [1.165, 1.54) is 4.90 Å². The summed E-state index contributed by atoms with van der Waals surface area (Å²) in [5.74, 6) is -0.513. The second-order valence-electron chi connectivity index (χ2n) is 9.13. The summed E-state index contributed by atoms with van der Waals surface area (Å²) in [4.78, 5) is 38.8. The van der Waals surface area contributed by atoms with Crippen molar-refractivity contribution >= 4 is 32.5 Å². The monoisotopic (exact) mass is 505 g/mol. The molecular weight excluding hydrogens is 468 g/mol. The predicted octanol–water partition coefficient (Wildman–Crippen LogP) is 3.60. The molecule has 0 spiro atoms. The number of esters is 1. The Labute approximate surface area is 196 Å². The summed E-state index contributed by atoms with van der Waals surface area (Å²) in [5.41, 5.74) is 0. The second-order valence-corrected chi connectivity index (χ2v) is 14.7. The van der Waals surface area contributed by atoms with E-state index in [-0.39, 0.29) is 81.1 Å². The molecule has 9 nitrogen and oxygen atoms in total. The van der Waals surface area contributed by atoms with Crippen molar-refractivity contribution < 1.29 is 37.3 Å². The van der Waals surface area contributed by atoms with E-state index in [2.05, 4.69) is 0 Å². The Bertz CT molecular complexity index is 818. The highest BCUT2D eigenvalue weighted by atomic mass is 31.2. The Morgan fingerprint density at radius 2 is 1.36 bits per heavy atom. The van der Waals surface area contributed by atoms with Gasteiger partial charge in [-0.1, -0.05) is 0 Å². The maximum absolute atomic E-state index is 13.5. The lowest BCUT2D eigenvalue weighted by molar-refractivity contribution is -0.143. The molecule has 2 amide bonds. The van der Waals surface area contributed by atoms with Crippen LogP contribution in [0.1, 0.15) is 46.5 Å². The van der Waals surface area contributed by atoms with E-state index in [4.69, 9.17) is 13.8 Å². The van der Waals surface area contributed by atoms with Crippen LogP contribution in [-0.4, -0.2) is 73.7 Å². The van der Waals surface area contributed by atoms with E-state index in [9.17, 15) is 23.5 Å². The molecule has 1 saturated heterocycles. The van der Waals surface area contributed by atoms with E-state index in [1.807, 2.05) is 0 Å². The Hall–Kier alpha value is -1.01. The number of rotatable bonds is 14. The highest BCUT2D eigenvalue weighted by molar-refractivity contribution is 7.63. The van der Waals surface area contributed by atoms with Crippen LogP contribution >= 0.6 is 14.7 Å². The van der Waals surface area contributed by atoms with Crippen molar-refractivity contribution in [2.24, 2.45) is 23.7 Å². The number of amides is 2. The Balaban J connectivity index is 1.60. The molecule has 188 valence electrons. The summed E-state index contributed by atoms with van der Waals surface area (Å²) >= 11 is 0. The van der Waals surface area contributed by atoms with Crippen molar-refractivity contribution in [2.45, 2.75) is 46.5 Å². The quantitative estimate of drug-likeness (QED) is 0.200. The number of carbonyl (C=O) groups is 3. The van der Waals surface area contributed by atoms with Crippen molar-refractivity contribution in [1.82, 2.24) is 4.90 Å². The molecule has 3 aliphatic rings. The highest BCUT2D eigenvalue weighted by Gasteiger charge is 2.60. The maximum Gasteiger partial charge on any atom is 0.306 e. The minimum Gasteiger partial charge on any atom is -0.466 e. The van der Waals surface area contributed by atoms with Crippen LogP contribution in [0.4, 0.5) is 0 Å². The number of carbonyl (C=O) groups excluding carboxylic acids is 3. The Morgan fingerprint density at radius 1 is 0.848 bits per heavy atom. The first kappa shape index (κ1) is 26.6. The van der Waals surface area contributed by atoms with Crippen LogP contribution in [0.5, 0.6) is 0 Å². The summed E-state index contributed by atoms with van der Waals surface area (Å²) in [6.45, 7) is 5.86. The lowest BCUT2D eigenvalue weighted by Gasteiger charge is -2.24. The van der Waals surface area contributed by atoms with Crippen LogP contribution in [0, 0.1) is 23.7 Å². The second kappa shape index (κ2) is 11.2. The van der Waals surface area contributed by atoms with Gasteiger partial charge in [-0.25, -0.2) is 0 Å². The molecule has 2 aliphatic carbocycles. The van der Waals surface area contributed by atoms with Crippen LogP contribution in [0.3, 0.4) is 0 Å². The minimum absolute atomic E-state index is 0.00874. The fourth-order valence-corrected chi connectivity index (χ4v) is 11.1. The zero-order chi connectivity index (χ0) is 24.2. The third kappa shape index (κ3) is 5.98. The lowest BCUT2D eigenvalue weighted by atomic mass is 9.81. The molecule has 33 heavy (non-hydrogen) atoms. The average molecular weight is 505 g/mol. The van der Waals surface area contributed by atoms with Gasteiger partial charge >= 0.3 is 5.97 Å². The summed E-state index contributed by atoms with van der Waals surface area (Å²) in [6, 6.07) is 0. The summed E-state index contributed by atoms with van der Waals surface area (Å²) in [6.07, 6.45) is 3.02. The first-order valence-electron chi connectivity index (χ1n) is 12.1. The zero-order valence-electron chi connectivity index (χ0n) is 19.9. The van der Waals surface area contributed by atoms with Gasteiger partial charge < -0.3 is 13.8 Å². The molecule has 0 N–H and O–H groups in total. The van der Waals surface area contributed by atoms with E-state index >= 15 is 0 Å². The molecule has 3 fully saturated rings. The molecule has 11 heteroatoms. The fraction of sp³-hybridized carbons (Fsp3) is 0.864. The molecule has 0 aromatic carbocycles. The highest BCUT2D eigenvalue weighted by Crippen LogP contribution is 2.57. The van der Waals surface area contributed by atoms with Crippen LogP contribution in [0.2, 0.25) is 0 Å². The summed E-state index contributed by atoms with van der Waals surface area (Å²) in [7, 11) is -6.48. The normalized spacial score (nSPS) is 29.7. The largest absolute Gasteiger partial charge is 0.466 e. The number of likely N-dealkylation sites (tertiary alicyclic amines) is 1. The van der Waals surface area contributed by atoms with Crippen molar-refractivity contribution in [1.29, 1.82) is 0 Å². The number of imide groups is 1. The van der Waals surface area contributed by atoms with Crippen molar-refractivity contribution in [3.63, 3.8) is 0 Å². The summed E-state index contributed by atoms with van der Waals surface area (Å²) in [5, 5.41) is 0. The molecular formula is C22H37NO8P2.